The molecule has 0 spiro atoms. The number of rotatable bonds is 7. The zero-order valence-electron chi connectivity index (χ0n) is 18.3. The van der Waals surface area contributed by atoms with Crippen LogP contribution in [0, 0.1) is 0 Å². The highest BCUT2D eigenvalue weighted by Crippen LogP contribution is 2.28. The number of carbonyl (C=O) groups excluding carboxylic acids is 2. The minimum absolute atomic E-state index is 0.0209. The summed E-state index contributed by atoms with van der Waals surface area (Å²) < 4.78 is 18.3. The van der Waals surface area contributed by atoms with E-state index in [4.69, 9.17) is 14.2 Å². The van der Waals surface area contributed by atoms with Crippen molar-refractivity contribution >= 4 is 33.4 Å². The average molecular weight is 443 g/mol. The second-order valence-corrected chi connectivity index (χ2v) is 8.15. The number of thiazole rings is 1. The maximum Gasteiger partial charge on any atom is 0.326 e. The molecule has 0 aliphatic carbocycles. The topological polar surface area (TPSA) is 79.1 Å². The zero-order chi connectivity index (χ0) is 22.5. The van der Waals surface area contributed by atoms with E-state index in [0.29, 0.717) is 27.8 Å². The third-order valence-corrected chi connectivity index (χ3v) is 5.83. The first-order valence-electron chi connectivity index (χ1n) is 9.97. The fraction of sp³-hybridized carbons (Fsp3) is 0.348. The summed E-state index contributed by atoms with van der Waals surface area (Å²) in [6.45, 7) is 6.26. The number of fused-ring (bicyclic) bond motifs is 1. The van der Waals surface area contributed by atoms with Crippen LogP contribution in [0.5, 0.6) is 11.5 Å². The summed E-state index contributed by atoms with van der Waals surface area (Å²) >= 11 is 1.37. The van der Waals surface area contributed by atoms with Crippen molar-refractivity contribution in [3.05, 3.63) is 52.3 Å². The van der Waals surface area contributed by atoms with Gasteiger partial charge in [-0.05, 0) is 48.7 Å². The maximum absolute atomic E-state index is 12.9. The van der Waals surface area contributed by atoms with Crippen LogP contribution in [0.3, 0.4) is 0 Å². The van der Waals surface area contributed by atoms with Gasteiger partial charge in [0.2, 0.25) is 0 Å². The summed E-state index contributed by atoms with van der Waals surface area (Å²) in [6, 6.07) is 10.9. The Morgan fingerprint density at radius 1 is 1.06 bits per heavy atom. The van der Waals surface area contributed by atoms with Crippen LogP contribution in [0.1, 0.15) is 42.6 Å². The van der Waals surface area contributed by atoms with Gasteiger partial charge in [0.05, 0.1) is 31.0 Å². The molecule has 31 heavy (non-hydrogen) atoms. The first kappa shape index (κ1) is 22.6. The molecular weight excluding hydrogens is 416 g/mol. The first-order valence-corrected chi connectivity index (χ1v) is 10.8. The number of esters is 1. The largest absolute Gasteiger partial charge is 0.493 e. The molecule has 3 rings (SSSR count). The van der Waals surface area contributed by atoms with E-state index < -0.39 is 5.91 Å². The molecule has 164 valence electrons. The molecule has 1 heterocycles. The van der Waals surface area contributed by atoms with E-state index in [-0.39, 0.29) is 19.1 Å². The number of nitrogens with zero attached hydrogens (tertiary/aromatic N) is 2. The third-order valence-electron chi connectivity index (χ3n) is 4.79. The molecule has 0 bridgehead atoms. The number of amides is 1. The van der Waals surface area contributed by atoms with Gasteiger partial charge in [-0.3, -0.25) is 9.59 Å². The number of methoxy groups -OCH3 is 2. The monoisotopic (exact) mass is 442 g/mol. The number of ether oxygens (including phenoxy) is 3. The Morgan fingerprint density at radius 3 is 2.45 bits per heavy atom. The molecule has 0 atom stereocenters. The molecule has 7 nitrogen and oxygen atoms in total. The molecule has 3 aromatic rings. The molecule has 0 saturated carbocycles. The van der Waals surface area contributed by atoms with Crippen molar-refractivity contribution in [2.45, 2.75) is 33.2 Å². The van der Waals surface area contributed by atoms with Crippen molar-refractivity contribution in [3.8, 4) is 11.5 Å². The highest BCUT2D eigenvalue weighted by Gasteiger charge is 2.15. The van der Waals surface area contributed by atoms with Crippen LogP contribution < -0.4 is 14.3 Å². The van der Waals surface area contributed by atoms with Gasteiger partial charge in [0.1, 0.15) is 6.54 Å². The molecule has 0 saturated heterocycles. The van der Waals surface area contributed by atoms with Gasteiger partial charge < -0.3 is 18.8 Å². The van der Waals surface area contributed by atoms with E-state index in [0.717, 1.165) is 10.2 Å². The molecular formula is C23H26N2O5S. The lowest BCUT2D eigenvalue weighted by molar-refractivity contribution is -0.143. The van der Waals surface area contributed by atoms with Gasteiger partial charge in [0.15, 0.2) is 16.3 Å². The van der Waals surface area contributed by atoms with Crippen LogP contribution in [-0.2, 0) is 16.1 Å². The fourth-order valence-electron chi connectivity index (χ4n) is 3.14. The van der Waals surface area contributed by atoms with Crippen molar-refractivity contribution in [2.24, 2.45) is 4.99 Å². The molecule has 0 N–H and O–H groups in total. The van der Waals surface area contributed by atoms with Gasteiger partial charge in [-0.15, -0.1) is 0 Å². The van der Waals surface area contributed by atoms with E-state index in [1.165, 1.54) is 31.1 Å². The van der Waals surface area contributed by atoms with Crippen LogP contribution >= 0.6 is 11.3 Å². The fourth-order valence-corrected chi connectivity index (χ4v) is 4.22. The van der Waals surface area contributed by atoms with Crippen molar-refractivity contribution < 1.29 is 23.8 Å². The van der Waals surface area contributed by atoms with E-state index in [1.54, 1.807) is 29.7 Å². The van der Waals surface area contributed by atoms with E-state index in [2.05, 4.69) is 24.9 Å². The van der Waals surface area contributed by atoms with Crippen molar-refractivity contribution in [1.29, 1.82) is 0 Å². The van der Waals surface area contributed by atoms with Crippen LogP contribution in [0.4, 0.5) is 0 Å². The Bertz CT molecular complexity index is 1180. The van der Waals surface area contributed by atoms with Crippen LogP contribution in [-0.4, -0.2) is 37.3 Å². The van der Waals surface area contributed by atoms with Gasteiger partial charge in [-0.2, -0.15) is 4.99 Å². The number of hydrogen-bond acceptors (Lipinski definition) is 6. The number of hydrogen-bond donors (Lipinski definition) is 0. The van der Waals surface area contributed by atoms with Crippen LogP contribution in [0.25, 0.3) is 10.2 Å². The van der Waals surface area contributed by atoms with Crippen molar-refractivity contribution in [1.82, 2.24) is 4.57 Å². The predicted octanol–water partition coefficient (Wildman–Crippen LogP) is 4.15. The zero-order valence-corrected chi connectivity index (χ0v) is 19.1. The van der Waals surface area contributed by atoms with E-state index in [9.17, 15) is 9.59 Å². The smallest absolute Gasteiger partial charge is 0.326 e. The second kappa shape index (κ2) is 9.78. The molecule has 0 aliphatic rings. The molecule has 2 aromatic carbocycles. The highest BCUT2D eigenvalue weighted by molar-refractivity contribution is 7.16. The summed E-state index contributed by atoms with van der Waals surface area (Å²) in [5.74, 6) is 0.517. The molecule has 1 aromatic heterocycles. The third kappa shape index (κ3) is 4.96. The molecule has 0 radical (unpaired) electrons. The maximum atomic E-state index is 12.9. The van der Waals surface area contributed by atoms with Gasteiger partial charge in [-0.1, -0.05) is 31.3 Å². The minimum Gasteiger partial charge on any atom is -0.493 e. The number of aromatic nitrogens is 1. The molecule has 0 unspecified atom stereocenters. The second-order valence-electron chi connectivity index (χ2n) is 7.14. The molecule has 1 amide bonds. The Morgan fingerprint density at radius 2 is 1.81 bits per heavy atom. The summed E-state index contributed by atoms with van der Waals surface area (Å²) in [7, 11) is 3.04. The minimum atomic E-state index is -0.436. The molecule has 0 fully saturated rings. The highest BCUT2D eigenvalue weighted by atomic mass is 32.1. The lowest BCUT2D eigenvalue weighted by Gasteiger charge is -2.08. The standard InChI is InChI=1S/C23H26N2O5S/c1-6-30-21(26)13-25-17-9-7-15(14(2)3)12-20(17)31-23(25)24-22(27)16-8-10-18(28-4)19(11-16)29-5/h7-12,14H,6,13H2,1-5H3. The van der Waals surface area contributed by atoms with Gasteiger partial charge in [-0.25, -0.2) is 0 Å². The molecule has 8 heteroatoms. The van der Waals surface area contributed by atoms with Crippen molar-refractivity contribution in [3.63, 3.8) is 0 Å². The predicted molar refractivity (Wildman–Crippen MR) is 120 cm³/mol. The average Bonchev–Trinajstić information content (AvgIpc) is 3.09. The Labute approximate surface area is 184 Å². The summed E-state index contributed by atoms with van der Waals surface area (Å²) in [5.41, 5.74) is 2.37. The van der Waals surface area contributed by atoms with Gasteiger partial charge >= 0.3 is 5.97 Å². The van der Waals surface area contributed by atoms with Gasteiger partial charge in [0.25, 0.3) is 5.91 Å². The van der Waals surface area contributed by atoms with E-state index in [1.807, 2.05) is 12.1 Å². The lowest BCUT2D eigenvalue weighted by Crippen LogP contribution is -2.23. The van der Waals surface area contributed by atoms with Crippen LogP contribution in [0.15, 0.2) is 41.4 Å². The number of carbonyl (C=O) groups is 2. The Hall–Kier alpha value is -3.13. The summed E-state index contributed by atoms with van der Waals surface area (Å²) in [5, 5.41) is 0. The van der Waals surface area contributed by atoms with Gasteiger partial charge in [0, 0.05) is 5.56 Å². The van der Waals surface area contributed by atoms with Crippen molar-refractivity contribution in [2.75, 3.05) is 20.8 Å². The summed E-state index contributed by atoms with van der Waals surface area (Å²) in [6.07, 6.45) is 0. The lowest BCUT2D eigenvalue weighted by atomic mass is 10.0. The molecule has 0 aliphatic heterocycles. The number of benzene rings is 2. The Kier molecular flexibility index (Phi) is 7.12. The van der Waals surface area contributed by atoms with Crippen LogP contribution in [0.2, 0.25) is 0 Å². The normalized spacial score (nSPS) is 11.7. The summed E-state index contributed by atoms with van der Waals surface area (Å²) in [4.78, 5) is 29.9. The first-order chi connectivity index (χ1) is 14.9. The quantitative estimate of drug-likeness (QED) is 0.514. The SMILES string of the molecule is CCOC(=O)Cn1c(=NC(=O)c2ccc(OC)c(OC)c2)sc2cc(C(C)C)ccc21. The Balaban J connectivity index is 2.11. The van der Waals surface area contributed by atoms with E-state index >= 15 is 0 Å².